The molecule has 2 aromatic rings. The van der Waals surface area contributed by atoms with E-state index in [0.717, 1.165) is 5.82 Å². The van der Waals surface area contributed by atoms with Crippen LogP contribution < -0.4 is 5.32 Å². The summed E-state index contributed by atoms with van der Waals surface area (Å²) in [5.41, 5.74) is -0.150. The highest BCUT2D eigenvalue weighted by Crippen LogP contribution is 2.17. The summed E-state index contributed by atoms with van der Waals surface area (Å²) in [4.78, 5) is 20.5. The molecule has 0 aliphatic carbocycles. The maximum atomic E-state index is 12.2. The van der Waals surface area contributed by atoms with Gasteiger partial charge in [-0.15, -0.1) is 0 Å². The maximum Gasteiger partial charge on any atom is 0.342 e. The molecule has 2 rings (SSSR count). The van der Waals surface area contributed by atoms with E-state index >= 15 is 0 Å². The number of hydrogen-bond acceptors (Lipinski definition) is 6. The Labute approximate surface area is 123 Å². The van der Waals surface area contributed by atoms with Crippen molar-refractivity contribution in [3.05, 3.63) is 36.0 Å². The third kappa shape index (κ3) is 4.01. The van der Waals surface area contributed by atoms with Crippen LogP contribution in [0, 0.1) is 0 Å². The SMILES string of the molecule is Cn1ncnc1CNc1ncccc1C(=O)OC(C)(C)C. The first-order valence-corrected chi connectivity index (χ1v) is 6.62. The first kappa shape index (κ1) is 15.0. The molecule has 0 aliphatic rings. The Morgan fingerprint density at radius 1 is 1.38 bits per heavy atom. The van der Waals surface area contributed by atoms with Crippen LogP contribution in [0.2, 0.25) is 0 Å². The topological polar surface area (TPSA) is 81.9 Å². The standard InChI is InChI=1S/C14H19N5O2/c1-14(2,3)21-13(20)10-6-5-7-15-12(10)16-8-11-17-9-18-19(11)4/h5-7,9H,8H2,1-4H3,(H,15,16). The number of ether oxygens (including phenoxy) is 1. The lowest BCUT2D eigenvalue weighted by Crippen LogP contribution is -2.24. The van der Waals surface area contributed by atoms with E-state index in [2.05, 4.69) is 20.4 Å². The third-order valence-electron chi connectivity index (χ3n) is 2.65. The normalized spacial score (nSPS) is 11.2. The van der Waals surface area contributed by atoms with Gasteiger partial charge in [0, 0.05) is 13.2 Å². The molecule has 0 saturated carbocycles. The molecule has 0 spiro atoms. The Bertz CT molecular complexity index is 630. The summed E-state index contributed by atoms with van der Waals surface area (Å²) in [5.74, 6) is 0.807. The van der Waals surface area contributed by atoms with Crippen molar-refractivity contribution in [2.45, 2.75) is 32.9 Å². The highest BCUT2D eigenvalue weighted by atomic mass is 16.6. The summed E-state index contributed by atoms with van der Waals surface area (Å²) in [6.45, 7) is 5.90. The number of pyridine rings is 1. The van der Waals surface area contributed by atoms with Crippen LogP contribution in [-0.4, -0.2) is 31.3 Å². The average molecular weight is 289 g/mol. The summed E-state index contributed by atoms with van der Waals surface area (Å²) in [6.07, 6.45) is 3.09. The average Bonchev–Trinajstić information content (AvgIpc) is 2.80. The lowest BCUT2D eigenvalue weighted by molar-refractivity contribution is 0.00703. The van der Waals surface area contributed by atoms with Crippen molar-refractivity contribution in [3.63, 3.8) is 0 Å². The van der Waals surface area contributed by atoms with Gasteiger partial charge in [-0.2, -0.15) is 5.10 Å². The number of carbonyl (C=O) groups is 1. The quantitative estimate of drug-likeness (QED) is 0.864. The highest BCUT2D eigenvalue weighted by Gasteiger charge is 2.20. The van der Waals surface area contributed by atoms with Crippen LogP contribution in [0.25, 0.3) is 0 Å². The molecular weight excluding hydrogens is 270 g/mol. The fraction of sp³-hybridized carbons (Fsp3) is 0.429. The molecule has 0 radical (unpaired) electrons. The summed E-state index contributed by atoms with van der Waals surface area (Å²) in [6, 6.07) is 3.38. The number of anilines is 1. The van der Waals surface area contributed by atoms with Crippen LogP contribution in [0.3, 0.4) is 0 Å². The zero-order valence-electron chi connectivity index (χ0n) is 12.6. The Kier molecular flexibility index (Phi) is 4.21. The smallest absolute Gasteiger partial charge is 0.342 e. The summed E-state index contributed by atoms with van der Waals surface area (Å²) >= 11 is 0. The van der Waals surface area contributed by atoms with Crippen molar-refractivity contribution >= 4 is 11.8 Å². The number of esters is 1. The van der Waals surface area contributed by atoms with Crippen LogP contribution in [0.5, 0.6) is 0 Å². The number of hydrogen-bond donors (Lipinski definition) is 1. The highest BCUT2D eigenvalue weighted by molar-refractivity contribution is 5.94. The van der Waals surface area contributed by atoms with Crippen molar-refractivity contribution in [2.24, 2.45) is 7.05 Å². The predicted molar refractivity (Wildman–Crippen MR) is 77.7 cm³/mol. The Balaban J connectivity index is 2.13. The first-order chi connectivity index (χ1) is 9.87. The third-order valence-corrected chi connectivity index (χ3v) is 2.65. The Morgan fingerprint density at radius 2 is 2.14 bits per heavy atom. The van der Waals surface area contributed by atoms with Gasteiger partial charge >= 0.3 is 5.97 Å². The van der Waals surface area contributed by atoms with E-state index in [1.807, 2.05) is 20.8 Å². The number of nitrogens with zero attached hydrogens (tertiary/aromatic N) is 4. The van der Waals surface area contributed by atoms with Crippen LogP contribution >= 0.6 is 0 Å². The number of aryl methyl sites for hydroxylation is 1. The molecule has 0 aliphatic heterocycles. The second-order valence-electron chi connectivity index (χ2n) is 5.55. The minimum Gasteiger partial charge on any atom is -0.456 e. The van der Waals surface area contributed by atoms with Gasteiger partial charge in [-0.1, -0.05) is 0 Å². The van der Waals surface area contributed by atoms with Gasteiger partial charge in [0.05, 0.1) is 6.54 Å². The van der Waals surface area contributed by atoms with E-state index in [1.54, 1.807) is 30.1 Å². The molecule has 0 atom stereocenters. The molecule has 2 aromatic heterocycles. The molecular formula is C14H19N5O2. The van der Waals surface area contributed by atoms with E-state index in [0.29, 0.717) is 17.9 Å². The van der Waals surface area contributed by atoms with Crippen LogP contribution in [0.4, 0.5) is 5.82 Å². The van der Waals surface area contributed by atoms with Gasteiger partial charge in [-0.3, -0.25) is 4.68 Å². The monoisotopic (exact) mass is 289 g/mol. The summed E-state index contributed by atoms with van der Waals surface area (Å²) in [7, 11) is 1.80. The van der Waals surface area contributed by atoms with Crippen molar-refractivity contribution in [1.82, 2.24) is 19.7 Å². The van der Waals surface area contributed by atoms with Gasteiger partial charge in [0.15, 0.2) is 0 Å². The van der Waals surface area contributed by atoms with E-state index in [4.69, 9.17) is 4.74 Å². The summed E-state index contributed by atoms with van der Waals surface area (Å²) in [5, 5.41) is 7.08. The van der Waals surface area contributed by atoms with Crippen LogP contribution in [0.15, 0.2) is 24.7 Å². The molecule has 0 unspecified atom stereocenters. The molecule has 0 amide bonds. The van der Waals surface area contributed by atoms with Gasteiger partial charge < -0.3 is 10.1 Å². The van der Waals surface area contributed by atoms with E-state index < -0.39 is 11.6 Å². The summed E-state index contributed by atoms with van der Waals surface area (Å²) < 4.78 is 7.03. The minimum absolute atomic E-state index is 0.398. The van der Waals surface area contributed by atoms with Crippen molar-refractivity contribution in [1.29, 1.82) is 0 Å². The molecule has 7 heteroatoms. The molecule has 112 valence electrons. The molecule has 7 nitrogen and oxygen atoms in total. The fourth-order valence-electron chi connectivity index (χ4n) is 1.69. The van der Waals surface area contributed by atoms with Crippen molar-refractivity contribution < 1.29 is 9.53 Å². The number of rotatable bonds is 4. The molecule has 1 N–H and O–H groups in total. The molecule has 0 saturated heterocycles. The molecule has 21 heavy (non-hydrogen) atoms. The molecule has 0 fully saturated rings. The van der Waals surface area contributed by atoms with Crippen molar-refractivity contribution in [3.8, 4) is 0 Å². The van der Waals surface area contributed by atoms with E-state index in [9.17, 15) is 4.79 Å². The van der Waals surface area contributed by atoms with Gasteiger partial charge in [0.1, 0.15) is 29.1 Å². The van der Waals surface area contributed by atoms with Gasteiger partial charge in [-0.25, -0.2) is 14.8 Å². The second kappa shape index (κ2) is 5.90. The zero-order chi connectivity index (χ0) is 15.5. The predicted octanol–water partition coefficient (Wildman–Crippen LogP) is 1.78. The first-order valence-electron chi connectivity index (χ1n) is 6.62. The second-order valence-corrected chi connectivity index (χ2v) is 5.55. The molecule has 0 bridgehead atoms. The van der Waals surface area contributed by atoms with Gasteiger partial charge in [0.2, 0.25) is 0 Å². The largest absolute Gasteiger partial charge is 0.456 e. The zero-order valence-corrected chi connectivity index (χ0v) is 12.6. The lowest BCUT2D eigenvalue weighted by atomic mass is 10.2. The number of carbonyl (C=O) groups excluding carboxylic acids is 1. The lowest BCUT2D eigenvalue weighted by Gasteiger charge is -2.20. The number of nitrogens with one attached hydrogen (secondary N) is 1. The number of aromatic nitrogens is 4. The van der Waals surface area contributed by atoms with Crippen LogP contribution in [0.1, 0.15) is 37.0 Å². The Morgan fingerprint density at radius 3 is 2.76 bits per heavy atom. The van der Waals surface area contributed by atoms with E-state index in [1.165, 1.54) is 6.33 Å². The Hall–Kier alpha value is -2.44. The molecule has 0 aromatic carbocycles. The van der Waals surface area contributed by atoms with E-state index in [-0.39, 0.29) is 0 Å². The van der Waals surface area contributed by atoms with Crippen LogP contribution in [-0.2, 0) is 18.3 Å². The minimum atomic E-state index is -0.548. The maximum absolute atomic E-state index is 12.2. The van der Waals surface area contributed by atoms with Gasteiger partial charge in [-0.05, 0) is 32.9 Å². The van der Waals surface area contributed by atoms with Gasteiger partial charge in [0.25, 0.3) is 0 Å². The van der Waals surface area contributed by atoms with Crippen molar-refractivity contribution in [2.75, 3.05) is 5.32 Å². The fourth-order valence-corrected chi connectivity index (χ4v) is 1.69. The molecule has 2 heterocycles.